The quantitative estimate of drug-likeness (QED) is 0.747. The van der Waals surface area contributed by atoms with Crippen LogP contribution in [0, 0.1) is 13.8 Å². The zero-order chi connectivity index (χ0) is 12.6. The summed E-state index contributed by atoms with van der Waals surface area (Å²) in [5, 5.41) is 0. The van der Waals surface area contributed by atoms with Crippen molar-refractivity contribution in [3.63, 3.8) is 0 Å². The molecule has 1 aromatic carbocycles. The molecule has 3 nitrogen and oxygen atoms in total. The predicted molar refractivity (Wildman–Crippen MR) is 70.1 cm³/mol. The zero-order valence-electron chi connectivity index (χ0n) is 10.8. The molecule has 17 heavy (non-hydrogen) atoms. The summed E-state index contributed by atoms with van der Waals surface area (Å²) in [4.78, 5) is 13.6. The molecular formula is C14H20N2O. The largest absolute Gasteiger partial charge is 0.324 e. The van der Waals surface area contributed by atoms with Gasteiger partial charge in [-0.1, -0.05) is 12.1 Å². The SMILES string of the molecule is CC(=O)N1CCCC(N)c2ccc(C)c(C)c21. The average Bonchev–Trinajstić information content (AvgIpc) is 2.44. The molecule has 0 saturated heterocycles. The Balaban J connectivity index is 2.63. The van der Waals surface area contributed by atoms with Crippen molar-refractivity contribution in [3.05, 3.63) is 28.8 Å². The number of nitrogens with zero attached hydrogens (tertiary/aromatic N) is 1. The van der Waals surface area contributed by atoms with Crippen molar-refractivity contribution in [3.8, 4) is 0 Å². The van der Waals surface area contributed by atoms with E-state index in [1.54, 1.807) is 6.92 Å². The molecule has 1 aromatic rings. The molecule has 1 aliphatic rings. The summed E-state index contributed by atoms with van der Waals surface area (Å²) in [5.74, 6) is 0.106. The fraction of sp³-hybridized carbons (Fsp3) is 0.500. The lowest BCUT2D eigenvalue weighted by atomic mass is 9.97. The number of anilines is 1. The van der Waals surface area contributed by atoms with Crippen molar-refractivity contribution >= 4 is 11.6 Å². The normalized spacial score (nSPS) is 19.8. The van der Waals surface area contributed by atoms with E-state index < -0.39 is 0 Å². The van der Waals surface area contributed by atoms with Gasteiger partial charge in [-0.05, 0) is 43.4 Å². The van der Waals surface area contributed by atoms with E-state index in [1.807, 2.05) is 4.90 Å². The lowest BCUT2D eigenvalue weighted by Crippen LogP contribution is -2.30. The van der Waals surface area contributed by atoms with Crippen LogP contribution < -0.4 is 10.6 Å². The average molecular weight is 232 g/mol. The van der Waals surface area contributed by atoms with Gasteiger partial charge in [-0.15, -0.1) is 0 Å². The highest BCUT2D eigenvalue weighted by molar-refractivity contribution is 5.93. The van der Waals surface area contributed by atoms with Crippen LogP contribution in [-0.2, 0) is 4.79 Å². The molecule has 1 atom stereocenters. The smallest absolute Gasteiger partial charge is 0.223 e. The van der Waals surface area contributed by atoms with E-state index in [1.165, 1.54) is 11.1 Å². The molecule has 1 heterocycles. The monoisotopic (exact) mass is 232 g/mol. The number of fused-ring (bicyclic) bond motifs is 1. The van der Waals surface area contributed by atoms with Gasteiger partial charge in [0.2, 0.25) is 5.91 Å². The minimum Gasteiger partial charge on any atom is -0.324 e. The van der Waals surface area contributed by atoms with Crippen LogP contribution in [0.4, 0.5) is 5.69 Å². The molecule has 1 amide bonds. The molecule has 0 saturated carbocycles. The molecule has 3 heteroatoms. The van der Waals surface area contributed by atoms with Gasteiger partial charge < -0.3 is 10.6 Å². The van der Waals surface area contributed by atoms with Crippen molar-refractivity contribution < 1.29 is 4.79 Å². The Morgan fingerprint density at radius 2 is 2.12 bits per heavy atom. The van der Waals surface area contributed by atoms with Crippen molar-refractivity contribution in [2.45, 2.75) is 39.7 Å². The first-order valence-corrected chi connectivity index (χ1v) is 6.16. The molecule has 1 unspecified atom stereocenters. The summed E-state index contributed by atoms with van der Waals surface area (Å²) < 4.78 is 0. The molecule has 2 N–H and O–H groups in total. The van der Waals surface area contributed by atoms with E-state index >= 15 is 0 Å². The van der Waals surface area contributed by atoms with E-state index in [0.717, 1.165) is 30.6 Å². The Hall–Kier alpha value is -1.35. The maximum absolute atomic E-state index is 11.8. The predicted octanol–water partition coefficient (Wildman–Crippen LogP) is 2.45. The first kappa shape index (κ1) is 12.1. The Kier molecular flexibility index (Phi) is 3.20. The molecule has 1 aliphatic heterocycles. The number of benzene rings is 1. The standard InChI is InChI=1S/C14H20N2O/c1-9-6-7-12-13(15)5-4-8-16(11(3)17)14(12)10(9)2/h6-7,13H,4-5,8,15H2,1-3H3. The third-order valence-electron chi connectivity index (χ3n) is 3.68. The van der Waals surface area contributed by atoms with Crippen molar-refractivity contribution in [1.29, 1.82) is 0 Å². The Labute approximate surface area is 103 Å². The van der Waals surface area contributed by atoms with Gasteiger partial charge in [0.25, 0.3) is 0 Å². The topological polar surface area (TPSA) is 46.3 Å². The third-order valence-corrected chi connectivity index (χ3v) is 3.68. The second-order valence-corrected chi connectivity index (χ2v) is 4.86. The fourth-order valence-electron chi connectivity index (χ4n) is 2.53. The van der Waals surface area contributed by atoms with Gasteiger partial charge in [0, 0.05) is 19.5 Å². The van der Waals surface area contributed by atoms with Crippen LogP contribution in [0.25, 0.3) is 0 Å². The second kappa shape index (κ2) is 4.49. The number of carbonyl (C=O) groups is 1. The van der Waals surface area contributed by atoms with Crippen LogP contribution in [0.15, 0.2) is 12.1 Å². The van der Waals surface area contributed by atoms with Gasteiger partial charge in [-0.25, -0.2) is 0 Å². The summed E-state index contributed by atoms with van der Waals surface area (Å²) in [5.41, 5.74) is 10.7. The number of hydrogen-bond donors (Lipinski definition) is 1. The molecule has 0 aromatic heterocycles. The van der Waals surface area contributed by atoms with Crippen LogP contribution in [0.2, 0.25) is 0 Å². The van der Waals surface area contributed by atoms with Gasteiger partial charge in [-0.3, -0.25) is 4.79 Å². The Bertz CT molecular complexity index is 454. The highest BCUT2D eigenvalue weighted by atomic mass is 16.2. The van der Waals surface area contributed by atoms with Crippen LogP contribution >= 0.6 is 0 Å². The Morgan fingerprint density at radius 3 is 2.76 bits per heavy atom. The lowest BCUT2D eigenvalue weighted by molar-refractivity contribution is -0.116. The number of carbonyl (C=O) groups excluding carboxylic acids is 1. The van der Waals surface area contributed by atoms with Crippen molar-refractivity contribution in [2.75, 3.05) is 11.4 Å². The minimum absolute atomic E-state index is 0.0497. The van der Waals surface area contributed by atoms with Crippen LogP contribution in [0.1, 0.15) is 42.5 Å². The van der Waals surface area contributed by atoms with E-state index in [-0.39, 0.29) is 11.9 Å². The van der Waals surface area contributed by atoms with Gasteiger partial charge in [0.1, 0.15) is 0 Å². The second-order valence-electron chi connectivity index (χ2n) is 4.86. The van der Waals surface area contributed by atoms with E-state index in [0.29, 0.717) is 0 Å². The van der Waals surface area contributed by atoms with Crippen LogP contribution in [0.3, 0.4) is 0 Å². The highest BCUT2D eigenvalue weighted by Crippen LogP contribution is 2.35. The number of aryl methyl sites for hydroxylation is 1. The molecule has 0 spiro atoms. The van der Waals surface area contributed by atoms with Gasteiger partial charge in [0.15, 0.2) is 0 Å². The maximum atomic E-state index is 11.8. The summed E-state index contributed by atoms with van der Waals surface area (Å²) >= 11 is 0. The van der Waals surface area contributed by atoms with E-state index in [4.69, 9.17) is 5.73 Å². The summed E-state index contributed by atoms with van der Waals surface area (Å²) in [6.45, 7) is 6.55. The molecule has 92 valence electrons. The first-order valence-electron chi connectivity index (χ1n) is 6.16. The van der Waals surface area contributed by atoms with Crippen molar-refractivity contribution in [2.24, 2.45) is 5.73 Å². The summed E-state index contributed by atoms with van der Waals surface area (Å²) in [6.07, 6.45) is 1.91. The summed E-state index contributed by atoms with van der Waals surface area (Å²) in [7, 11) is 0. The molecule has 0 aliphatic carbocycles. The van der Waals surface area contributed by atoms with Gasteiger partial charge >= 0.3 is 0 Å². The molecule has 0 radical (unpaired) electrons. The third kappa shape index (κ3) is 2.07. The van der Waals surface area contributed by atoms with Gasteiger partial charge in [0.05, 0.1) is 5.69 Å². The van der Waals surface area contributed by atoms with E-state index in [9.17, 15) is 4.79 Å². The molecule has 0 bridgehead atoms. The Morgan fingerprint density at radius 1 is 1.41 bits per heavy atom. The maximum Gasteiger partial charge on any atom is 0.223 e. The number of amides is 1. The first-order chi connectivity index (χ1) is 8.02. The molecular weight excluding hydrogens is 212 g/mol. The molecule has 0 fully saturated rings. The number of rotatable bonds is 0. The number of nitrogens with two attached hydrogens (primary N) is 1. The summed E-state index contributed by atoms with van der Waals surface area (Å²) in [6, 6.07) is 4.22. The highest BCUT2D eigenvalue weighted by Gasteiger charge is 2.24. The molecule has 2 rings (SSSR count). The van der Waals surface area contributed by atoms with Crippen LogP contribution in [-0.4, -0.2) is 12.5 Å². The van der Waals surface area contributed by atoms with Gasteiger partial charge in [-0.2, -0.15) is 0 Å². The zero-order valence-corrected chi connectivity index (χ0v) is 10.8. The fourth-order valence-corrected chi connectivity index (χ4v) is 2.53. The van der Waals surface area contributed by atoms with Crippen molar-refractivity contribution in [1.82, 2.24) is 0 Å². The lowest BCUT2D eigenvalue weighted by Gasteiger charge is -2.25. The minimum atomic E-state index is 0.0497. The number of hydrogen-bond acceptors (Lipinski definition) is 2. The van der Waals surface area contributed by atoms with E-state index in [2.05, 4.69) is 26.0 Å². The van der Waals surface area contributed by atoms with Crippen LogP contribution in [0.5, 0.6) is 0 Å².